The first-order valence-corrected chi connectivity index (χ1v) is 15.9. The number of anilines is 1. The fraction of sp³-hybridized carbons (Fsp3) is 0.375. The van der Waals surface area contributed by atoms with Crippen LogP contribution in [-0.2, 0) is 26.2 Å². The molecule has 2 amide bonds. The lowest BCUT2D eigenvalue weighted by atomic mass is 10.1. The first-order chi connectivity index (χ1) is 20.4. The second-order valence-corrected chi connectivity index (χ2v) is 12.5. The predicted octanol–water partition coefficient (Wildman–Crippen LogP) is 5.58. The van der Waals surface area contributed by atoms with Crippen molar-refractivity contribution in [2.75, 3.05) is 25.1 Å². The zero-order valence-electron chi connectivity index (χ0n) is 25.5. The quantitative estimate of drug-likeness (QED) is 0.250. The SMILES string of the molecule is CC[C@@H](C)NC(=O)[C@H](CC)N(Cc1cccc(OC)c1)C(=O)CN(c1ccc(OC)c(Cl)c1)S(=O)(=O)c1ccc(C)cc1. The highest BCUT2D eigenvalue weighted by Gasteiger charge is 2.34. The van der Waals surface area contributed by atoms with Gasteiger partial charge in [-0.3, -0.25) is 13.9 Å². The van der Waals surface area contributed by atoms with Gasteiger partial charge in [0.1, 0.15) is 24.1 Å². The number of amides is 2. The van der Waals surface area contributed by atoms with Crippen molar-refractivity contribution in [1.29, 1.82) is 0 Å². The van der Waals surface area contributed by atoms with Crippen molar-refractivity contribution < 1.29 is 27.5 Å². The Morgan fingerprint density at radius 3 is 2.23 bits per heavy atom. The molecule has 1 N–H and O–H groups in total. The third kappa shape index (κ3) is 8.42. The Labute approximate surface area is 259 Å². The Hall–Kier alpha value is -3.76. The summed E-state index contributed by atoms with van der Waals surface area (Å²) in [4.78, 5) is 29.1. The summed E-state index contributed by atoms with van der Waals surface area (Å²) in [5, 5.41) is 3.15. The molecule has 3 aromatic rings. The van der Waals surface area contributed by atoms with E-state index in [1.165, 1.54) is 36.3 Å². The summed E-state index contributed by atoms with van der Waals surface area (Å²) in [7, 11) is -1.23. The Morgan fingerprint density at radius 1 is 0.953 bits per heavy atom. The number of ether oxygens (including phenoxy) is 2. The average molecular weight is 630 g/mol. The van der Waals surface area contributed by atoms with E-state index < -0.39 is 28.5 Å². The van der Waals surface area contributed by atoms with Gasteiger partial charge in [0.2, 0.25) is 11.8 Å². The maximum atomic E-state index is 14.2. The zero-order valence-corrected chi connectivity index (χ0v) is 27.0. The van der Waals surface area contributed by atoms with Crippen molar-refractivity contribution in [2.24, 2.45) is 0 Å². The van der Waals surface area contributed by atoms with Crippen LogP contribution in [0.1, 0.15) is 44.7 Å². The van der Waals surface area contributed by atoms with E-state index in [1.54, 1.807) is 43.5 Å². The van der Waals surface area contributed by atoms with Gasteiger partial charge in [0.15, 0.2) is 0 Å². The van der Waals surface area contributed by atoms with Gasteiger partial charge in [-0.25, -0.2) is 8.42 Å². The smallest absolute Gasteiger partial charge is 0.264 e. The number of nitrogens with one attached hydrogen (secondary N) is 1. The third-order valence-electron chi connectivity index (χ3n) is 7.19. The fourth-order valence-electron chi connectivity index (χ4n) is 4.50. The highest BCUT2D eigenvalue weighted by molar-refractivity contribution is 7.92. The lowest BCUT2D eigenvalue weighted by Crippen LogP contribution is -2.53. The van der Waals surface area contributed by atoms with Gasteiger partial charge in [-0.05, 0) is 74.7 Å². The molecule has 0 fully saturated rings. The van der Waals surface area contributed by atoms with Gasteiger partial charge in [-0.1, -0.05) is 55.3 Å². The highest BCUT2D eigenvalue weighted by Crippen LogP contribution is 2.32. The van der Waals surface area contributed by atoms with Crippen LogP contribution in [0.25, 0.3) is 0 Å². The topological polar surface area (TPSA) is 105 Å². The lowest BCUT2D eigenvalue weighted by Gasteiger charge is -2.34. The zero-order chi connectivity index (χ0) is 31.7. The Morgan fingerprint density at radius 2 is 1.65 bits per heavy atom. The number of carbonyl (C=O) groups excluding carboxylic acids is 2. The van der Waals surface area contributed by atoms with E-state index in [9.17, 15) is 18.0 Å². The van der Waals surface area contributed by atoms with Gasteiger partial charge in [0.05, 0.1) is 29.8 Å². The Balaban J connectivity index is 2.11. The van der Waals surface area contributed by atoms with Gasteiger partial charge in [-0.15, -0.1) is 0 Å². The molecule has 0 bridgehead atoms. The molecular formula is C32H40ClN3O6S. The van der Waals surface area contributed by atoms with Gasteiger partial charge in [-0.2, -0.15) is 0 Å². The summed E-state index contributed by atoms with van der Waals surface area (Å²) in [5.41, 5.74) is 1.79. The molecule has 0 aromatic heterocycles. The monoisotopic (exact) mass is 629 g/mol. The molecule has 0 radical (unpaired) electrons. The number of sulfonamides is 1. The number of methoxy groups -OCH3 is 2. The van der Waals surface area contributed by atoms with Crippen LogP contribution in [-0.4, -0.2) is 58.0 Å². The van der Waals surface area contributed by atoms with Crippen LogP contribution in [0, 0.1) is 6.92 Å². The number of rotatable bonds is 14. The van der Waals surface area contributed by atoms with Gasteiger partial charge < -0.3 is 19.7 Å². The van der Waals surface area contributed by atoms with E-state index in [0.717, 1.165) is 15.4 Å². The normalized spacial score (nSPS) is 12.6. The number of hydrogen-bond acceptors (Lipinski definition) is 6. The van der Waals surface area contributed by atoms with E-state index in [2.05, 4.69) is 5.32 Å². The number of halogens is 1. The molecular weight excluding hydrogens is 590 g/mol. The molecule has 11 heteroatoms. The van der Waals surface area contributed by atoms with Crippen LogP contribution in [0.3, 0.4) is 0 Å². The Bertz CT molecular complexity index is 1510. The molecule has 0 saturated heterocycles. The van der Waals surface area contributed by atoms with E-state index in [4.69, 9.17) is 21.1 Å². The highest BCUT2D eigenvalue weighted by atomic mass is 35.5. The van der Waals surface area contributed by atoms with Crippen LogP contribution in [0.5, 0.6) is 11.5 Å². The number of hydrogen-bond donors (Lipinski definition) is 1. The molecule has 0 saturated carbocycles. The van der Waals surface area contributed by atoms with Crippen LogP contribution < -0.4 is 19.1 Å². The molecule has 232 valence electrons. The van der Waals surface area contributed by atoms with Gasteiger partial charge in [0, 0.05) is 12.6 Å². The molecule has 0 aliphatic heterocycles. The van der Waals surface area contributed by atoms with Crippen molar-refractivity contribution in [2.45, 2.75) is 64.1 Å². The molecule has 2 atom stereocenters. The molecule has 0 aliphatic rings. The predicted molar refractivity (Wildman–Crippen MR) is 169 cm³/mol. The lowest BCUT2D eigenvalue weighted by molar-refractivity contribution is -0.140. The van der Waals surface area contributed by atoms with Crippen LogP contribution in [0.4, 0.5) is 5.69 Å². The van der Waals surface area contributed by atoms with E-state index in [-0.39, 0.29) is 34.1 Å². The summed E-state index contributed by atoms with van der Waals surface area (Å²) in [6.45, 7) is 7.00. The molecule has 0 spiro atoms. The first kappa shape index (κ1) is 33.7. The standard InChI is InChI=1S/C32H40ClN3O6S/c1-7-23(4)34-32(38)29(8-2)35(20-24-10-9-11-26(18-24)41-5)31(37)21-36(25-14-17-30(42-6)28(33)19-25)43(39,40)27-15-12-22(3)13-16-27/h9-19,23,29H,7-8,20-21H2,1-6H3,(H,34,38)/t23-,29+/m1/s1. The van der Waals surface area contributed by atoms with Crippen LogP contribution in [0.2, 0.25) is 5.02 Å². The summed E-state index contributed by atoms with van der Waals surface area (Å²) in [5.74, 6) is 0.0837. The summed E-state index contributed by atoms with van der Waals surface area (Å²) < 4.78 is 39.7. The number of aryl methyl sites for hydroxylation is 1. The van der Waals surface area contributed by atoms with Gasteiger partial charge >= 0.3 is 0 Å². The molecule has 9 nitrogen and oxygen atoms in total. The second-order valence-electron chi connectivity index (χ2n) is 10.3. The van der Waals surface area contributed by atoms with Crippen molar-refractivity contribution in [3.63, 3.8) is 0 Å². The summed E-state index contributed by atoms with van der Waals surface area (Å²) in [6, 6.07) is 17.1. The molecule has 43 heavy (non-hydrogen) atoms. The molecule has 0 unspecified atom stereocenters. The third-order valence-corrected chi connectivity index (χ3v) is 9.27. The summed E-state index contributed by atoms with van der Waals surface area (Å²) >= 11 is 6.40. The van der Waals surface area contributed by atoms with Crippen LogP contribution >= 0.6 is 11.6 Å². The van der Waals surface area contributed by atoms with Crippen molar-refractivity contribution in [3.05, 3.63) is 82.9 Å². The van der Waals surface area contributed by atoms with Crippen molar-refractivity contribution in [1.82, 2.24) is 10.2 Å². The first-order valence-electron chi connectivity index (χ1n) is 14.1. The molecule has 3 aromatic carbocycles. The summed E-state index contributed by atoms with van der Waals surface area (Å²) in [6.07, 6.45) is 1.03. The Kier molecular flexibility index (Phi) is 11.9. The number of nitrogens with zero attached hydrogens (tertiary/aromatic N) is 2. The number of benzene rings is 3. The second kappa shape index (κ2) is 15.1. The fourth-order valence-corrected chi connectivity index (χ4v) is 6.16. The largest absolute Gasteiger partial charge is 0.497 e. The minimum Gasteiger partial charge on any atom is -0.497 e. The number of carbonyl (C=O) groups is 2. The maximum absolute atomic E-state index is 14.2. The van der Waals surface area contributed by atoms with E-state index in [0.29, 0.717) is 24.3 Å². The minimum absolute atomic E-state index is 0.0127. The van der Waals surface area contributed by atoms with E-state index >= 15 is 0 Å². The average Bonchev–Trinajstić information content (AvgIpc) is 2.99. The molecule has 0 heterocycles. The van der Waals surface area contributed by atoms with Crippen LogP contribution in [0.15, 0.2) is 71.6 Å². The van der Waals surface area contributed by atoms with Crippen molar-refractivity contribution in [3.8, 4) is 11.5 Å². The maximum Gasteiger partial charge on any atom is 0.264 e. The minimum atomic E-state index is -4.23. The van der Waals surface area contributed by atoms with Crippen molar-refractivity contribution >= 4 is 39.1 Å². The van der Waals surface area contributed by atoms with E-state index in [1.807, 2.05) is 33.8 Å². The molecule has 3 rings (SSSR count). The molecule has 0 aliphatic carbocycles. The van der Waals surface area contributed by atoms with Gasteiger partial charge in [0.25, 0.3) is 10.0 Å².